The summed E-state index contributed by atoms with van der Waals surface area (Å²) in [6.45, 7) is 0. The minimum Gasteiger partial charge on any atom is -0.232 e. The zero-order valence-electron chi connectivity index (χ0n) is 30.3. The quantitative estimate of drug-likeness (QED) is 0.150. The van der Waals surface area contributed by atoms with Crippen molar-refractivity contribution in [2.24, 2.45) is 0 Å². The SMILES string of the molecule is c1ccc(-c2nn(-c3ccccc3)c(-c3ccccc3)c2-c2ccc(C3c4ccccc4[Si](c4ccccc4)(c4ccccc4)c4ccccc43)cc2)cc1. The minimum absolute atomic E-state index is 0.0868. The van der Waals surface area contributed by atoms with Crippen LogP contribution in [0.15, 0.2) is 224 Å². The van der Waals surface area contributed by atoms with Gasteiger partial charge in [-0.1, -0.05) is 212 Å². The van der Waals surface area contributed by atoms with Crippen LogP contribution < -0.4 is 20.7 Å². The molecule has 0 saturated carbocycles. The summed E-state index contributed by atoms with van der Waals surface area (Å²) in [6.07, 6.45) is 0. The van der Waals surface area contributed by atoms with E-state index in [1.165, 1.54) is 37.4 Å². The Morgan fingerprint density at radius 2 is 0.818 bits per heavy atom. The van der Waals surface area contributed by atoms with E-state index in [0.717, 1.165) is 39.3 Å². The van der Waals surface area contributed by atoms with Crippen LogP contribution in [0.3, 0.4) is 0 Å². The molecule has 55 heavy (non-hydrogen) atoms. The van der Waals surface area contributed by atoms with Crippen LogP contribution in [-0.4, -0.2) is 17.9 Å². The molecule has 0 amide bonds. The third-order valence-electron chi connectivity index (χ3n) is 11.3. The van der Waals surface area contributed by atoms with Gasteiger partial charge in [-0.25, -0.2) is 4.68 Å². The Kier molecular flexibility index (Phi) is 8.27. The Hall–Kier alpha value is -6.81. The molecular formula is C52H38N2Si. The molecule has 8 aromatic carbocycles. The Bertz CT molecular complexity index is 2640. The van der Waals surface area contributed by atoms with Gasteiger partial charge in [0.2, 0.25) is 0 Å². The van der Waals surface area contributed by atoms with Crippen LogP contribution in [0.2, 0.25) is 0 Å². The maximum atomic E-state index is 5.37. The summed E-state index contributed by atoms with van der Waals surface area (Å²) in [5.41, 5.74) is 11.6. The summed E-state index contributed by atoms with van der Waals surface area (Å²) >= 11 is 0. The van der Waals surface area contributed by atoms with Crippen molar-refractivity contribution in [2.45, 2.75) is 5.92 Å². The van der Waals surface area contributed by atoms with Gasteiger partial charge in [-0.15, -0.1) is 0 Å². The van der Waals surface area contributed by atoms with E-state index in [-0.39, 0.29) is 5.92 Å². The molecule has 1 aliphatic heterocycles. The summed E-state index contributed by atoms with van der Waals surface area (Å²) in [6, 6.07) is 82.1. The van der Waals surface area contributed by atoms with Crippen LogP contribution >= 0.6 is 0 Å². The van der Waals surface area contributed by atoms with Crippen molar-refractivity contribution in [1.82, 2.24) is 9.78 Å². The smallest absolute Gasteiger partial charge is 0.180 e. The molecule has 0 atom stereocenters. The van der Waals surface area contributed by atoms with E-state index in [0.29, 0.717) is 0 Å². The highest BCUT2D eigenvalue weighted by Crippen LogP contribution is 2.43. The Morgan fingerprint density at radius 1 is 0.382 bits per heavy atom. The molecule has 1 aliphatic rings. The van der Waals surface area contributed by atoms with E-state index in [2.05, 4.69) is 229 Å². The second-order valence-corrected chi connectivity index (χ2v) is 18.0. The molecule has 260 valence electrons. The fourth-order valence-electron chi connectivity index (χ4n) is 8.97. The van der Waals surface area contributed by atoms with Crippen molar-refractivity contribution < 1.29 is 0 Å². The number of rotatable bonds is 7. The van der Waals surface area contributed by atoms with Crippen molar-refractivity contribution in [2.75, 3.05) is 0 Å². The predicted molar refractivity (Wildman–Crippen MR) is 231 cm³/mol. The van der Waals surface area contributed by atoms with Gasteiger partial charge in [0, 0.05) is 22.6 Å². The number of nitrogens with zero attached hydrogens (tertiary/aromatic N) is 2. The first-order chi connectivity index (χ1) is 27.3. The van der Waals surface area contributed by atoms with Gasteiger partial charge in [0.05, 0.1) is 11.4 Å². The lowest BCUT2D eigenvalue weighted by Crippen LogP contribution is -2.77. The maximum Gasteiger partial charge on any atom is 0.180 e. The van der Waals surface area contributed by atoms with E-state index < -0.39 is 8.07 Å². The van der Waals surface area contributed by atoms with Gasteiger partial charge in [-0.2, -0.15) is 5.10 Å². The number of fused-ring (bicyclic) bond motifs is 2. The Morgan fingerprint density at radius 3 is 1.35 bits per heavy atom. The standard InChI is InChI=1S/C52H38N2Si/c1-6-20-40(21-7-1)51-50(52(41-22-8-2-9-23-41)54(53-51)42-24-10-3-11-25-42)39-36-34-38(35-37-39)49-45-30-16-18-32-47(45)55(43-26-12-4-13-27-43,44-28-14-5-15-29-44)48-33-19-17-31-46(48)49/h1-37,49H. The average molecular weight is 719 g/mol. The molecule has 0 saturated heterocycles. The molecule has 0 spiro atoms. The summed E-state index contributed by atoms with van der Waals surface area (Å²) < 4.78 is 2.12. The van der Waals surface area contributed by atoms with Gasteiger partial charge in [0.25, 0.3) is 0 Å². The maximum absolute atomic E-state index is 5.37. The molecule has 0 bridgehead atoms. The molecular weight excluding hydrogens is 681 g/mol. The molecule has 0 radical (unpaired) electrons. The molecule has 0 unspecified atom stereocenters. The zero-order chi connectivity index (χ0) is 36.6. The molecule has 0 N–H and O–H groups in total. The fourth-order valence-corrected chi connectivity index (χ4v) is 14.2. The van der Waals surface area contributed by atoms with Crippen LogP contribution in [0.1, 0.15) is 22.6 Å². The predicted octanol–water partition coefficient (Wildman–Crippen LogP) is 9.74. The van der Waals surface area contributed by atoms with E-state index in [9.17, 15) is 0 Å². The van der Waals surface area contributed by atoms with Crippen molar-refractivity contribution in [3.8, 4) is 39.3 Å². The largest absolute Gasteiger partial charge is 0.232 e. The zero-order valence-corrected chi connectivity index (χ0v) is 31.3. The van der Waals surface area contributed by atoms with Crippen LogP contribution in [0.4, 0.5) is 0 Å². The number of aromatic nitrogens is 2. The highest BCUT2D eigenvalue weighted by atomic mass is 28.3. The van der Waals surface area contributed by atoms with Crippen molar-refractivity contribution >= 4 is 28.8 Å². The molecule has 0 aliphatic carbocycles. The van der Waals surface area contributed by atoms with Crippen molar-refractivity contribution in [3.63, 3.8) is 0 Å². The van der Waals surface area contributed by atoms with Gasteiger partial charge >= 0.3 is 0 Å². The van der Waals surface area contributed by atoms with Gasteiger partial charge in [-0.05, 0) is 55.1 Å². The summed E-state index contributed by atoms with van der Waals surface area (Å²) in [5.74, 6) is 0.0868. The number of para-hydroxylation sites is 1. The fraction of sp³-hybridized carbons (Fsp3) is 0.0192. The highest BCUT2D eigenvalue weighted by Gasteiger charge is 2.48. The number of hydrogen-bond donors (Lipinski definition) is 0. The monoisotopic (exact) mass is 718 g/mol. The normalized spacial score (nSPS) is 13.2. The Balaban J connectivity index is 1.18. The third kappa shape index (κ3) is 5.43. The first-order valence-corrected chi connectivity index (χ1v) is 21.0. The van der Waals surface area contributed by atoms with Gasteiger partial charge in [-0.3, -0.25) is 0 Å². The second kappa shape index (κ2) is 13.9. The van der Waals surface area contributed by atoms with Gasteiger partial charge in [0.1, 0.15) is 5.69 Å². The van der Waals surface area contributed by atoms with E-state index in [1.54, 1.807) is 0 Å². The third-order valence-corrected chi connectivity index (χ3v) is 16.2. The van der Waals surface area contributed by atoms with E-state index in [1.807, 2.05) is 0 Å². The lowest BCUT2D eigenvalue weighted by Gasteiger charge is -2.43. The number of benzene rings is 8. The molecule has 1 aromatic heterocycles. The molecule has 9 aromatic rings. The summed E-state index contributed by atoms with van der Waals surface area (Å²) in [4.78, 5) is 0. The molecule has 2 nitrogen and oxygen atoms in total. The van der Waals surface area contributed by atoms with Crippen LogP contribution in [0.25, 0.3) is 39.3 Å². The lowest BCUT2D eigenvalue weighted by molar-refractivity contribution is 0.892. The Labute approximate surface area is 323 Å². The average Bonchev–Trinajstić information content (AvgIpc) is 3.68. The van der Waals surface area contributed by atoms with Gasteiger partial charge < -0.3 is 0 Å². The summed E-state index contributed by atoms with van der Waals surface area (Å²) in [7, 11) is -2.64. The van der Waals surface area contributed by atoms with Crippen LogP contribution in [0, 0.1) is 0 Å². The lowest BCUT2D eigenvalue weighted by atomic mass is 9.83. The molecule has 2 heterocycles. The minimum atomic E-state index is -2.64. The van der Waals surface area contributed by atoms with E-state index >= 15 is 0 Å². The van der Waals surface area contributed by atoms with E-state index in [4.69, 9.17) is 5.10 Å². The molecule has 0 fully saturated rings. The van der Waals surface area contributed by atoms with Gasteiger partial charge in [0.15, 0.2) is 8.07 Å². The van der Waals surface area contributed by atoms with Crippen molar-refractivity contribution in [1.29, 1.82) is 0 Å². The first kappa shape index (κ1) is 32.8. The van der Waals surface area contributed by atoms with Crippen LogP contribution in [0.5, 0.6) is 0 Å². The molecule has 3 heteroatoms. The second-order valence-electron chi connectivity index (χ2n) is 14.3. The number of hydrogen-bond acceptors (Lipinski definition) is 1. The summed E-state index contributed by atoms with van der Waals surface area (Å²) in [5, 5.41) is 11.1. The van der Waals surface area contributed by atoms with Crippen molar-refractivity contribution in [3.05, 3.63) is 241 Å². The topological polar surface area (TPSA) is 17.8 Å². The highest BCUT2D eigenvalue weighted by molar-refractivity contribution is 7.20. The molecule has 10 rings (SSSR count). The van der Waals surface area contributed by atoms with Crippen LogP contribution in [-0.2, 0) is 0 Å². The first-order valence-electron chi connectivity index (χ1n) is 19.0.